The first kappa shape index (κ1) is 12.8. The minimum Gasteiger partial charge on any atom is -0.399 e. The molecule has 5 heteroatoms. The average molecular weight is 252 g/mol. The van der Waals surface area contributed by atoms with E-state index in [-0.39, 0.29) is 17.7 Å². The number of benzene rings is 1. The molecule has 3 N–H and O–H groups in total. The maximum Gasteiger partial charge on any atom is 0.254 e. The van der Waals surface area contributed by atoms with E-state index in [1.165, 1.54) is 18.2 Å². The highest BCUT2D eigenvalue weighted by Gasteiger charge is 2.24. The van der Waals surface area contributed by atoms with Gasteiger partial charge in [0, 0.05) is 12.3 Å². The van der Waals surface area contributed by atoms with E-state index in [0.717, 1.165) is 19.4 Å². The molecule has 0 saturated carbocycles. The first-order valence-corrected chi connectivity index (χ1v) is 6.05. The monoisotopic (exact) mass is 252 g/mol. The molecule has 1 heterocycles. The molecule has 1 aromatic rings. The number of carbonyl (C=O) groups is 1. The van der Waals surface area contributed by atoms with Gasteiger partial charge in [-0.3, -0.25) is 4.79 Å². The van der Waals surface area contributed by atoms with E-state index in [1.807, 2.05) is 6.92 Å². The number of nitrogens with one attached hydrogen (secondary N) is 1. The average Bonchev–Trinajstić information content (AvgIpc) is 2.85. The summed E-state index contributed by atoms with van der Waals surface area (Å²) in [5.74, 6) is -1.02. The molecule has 1 aromatic carbocycles. The van der Waals surface area contributed by atoms with Crippen molar-refractivity contribution in [1.82, 2.24) is 5.32 Å². The smallest absolute Gasteiger partial charge is 0.254 e. The summed E-state index contributed by atoms with van der Waals surface area (Å²) in [6.45, 7) is 2.58. The van der Waals surface area contributed by atoms with Gasteiger partial charge in [0.25, 0.3) is 5.91 Å². The molecule has 1 saturated heterocycles. The van der Waals surface area contributed by atoms with Crippen LogP contribution in [0.2, 0.25) is 0 Å². The van der Waals surface area contributed by atoms with Gasteiger partial charge < -0.3 is 15.8 Å². The number of hydrogen-bond acceptors (Lipinski definition) is 3. The Morgan fingerprint density at radius 2 is 2.39 bits per heavy atom. The van der Waals surface area contributed by atoms with Gasteiger partial charge in [0.2, 0.25) is 0 Å². The van der Waals surface area contributed by atoms with Gasteiger partial charge in [-0.1, -0.05) is 0 Å². The minimum absolute atomic E-state index is 0.0121. The number of ether oxygens (including phenoxy) is 1. The van der Waals surface area contributed by atoms with Gasteiger partial charge >= 0.3 is 0 Å². The third-order valence-electron chi connectivity index (χ3n) is 3.12. The molecule has 1 amide bonds. The second kappa shape index (κ2) is 5.35. The summed E-state index contributed by atoms with van der Waals surface area (Å²) in [5.41, 5.74) is 5.89. The lowest BCUT2D eigenvalue weighted by molar-refractivity contribution is 0.0710. The van der Waals surface area contributed by atoms with Crippen molar-refractivity contribution in [3.63, 3.8) is 0 Å². The second-order valence-corrected chi connectivity index (χ2v) is 4.55. The Kier molecular flexibility index (Phi) is 3.81. The van der Waals surface area contributed by atoms with Crippen molar-refractivity contribution in [1.29, 1.82) is 0 Å². The van der Waals surface area contributed by atoms with Crippen LogP contribution in [0, 0.1) is 5.82 Å². The van der Waals surface area contributed by atoms with Crippen LogP contribution in [0.1, 0.15) is 30.1 Å². The Bertz CT molecular complexity index is 445. The van der Waals surface area contributed by atoms with Crippen LogP contribution in [0.4, 0.5) is 10.1 Å². The number of anilines is 1. The molecule has 2 atom stereocenters. The molecule has 1 fully saturated rings. The predicted octanol–water partition coefficient (Wildman–Crippen LogP) is 1.71. The van der Waals surface area contributed by atoms with Crippen molar-refractivity contribution in [2.75, 3.05) is 12.3 Å². The summed E-state index contributed by atoms with van der Waals surface area (Å²) in [7, 11) is 0. The maximum absolute atomic E-state index is 13.5. The third kappa shape index (κ3) is 2.79. The predicted molar refractivity (Wildman–Crippen MR) is 66.7 cm³/mol. The van der Waals surface area contributed by atoms with Crippen molar-refractivity contribution < 1.29 is 13.9 Å². The zero-order valence-electron chi connectivity index (χ0n) is 10.3. The number of carbonyl (C=O) groups excluding carboxylic acids is 1. The van der Waals surface area contributed by atoms with Gasteiger partial charge in [-0.05, 0) is 38.0 Å². The maximum atomic E-state index is 13.5. The number of amides is 1. The quantitative estimate of drug-likeness (QED) is 0.805. The van der Waals surface area contributed by atoms with Crippen LogP contribution in [-0.2, 0) is 4.74 Å². The molecule has 0 spiro atoms. The summed E-state index contributed by atoms with van der Waals surface area (Å²) < 4.78 is 19.0. The van der Waals surface area contributed by atoms with Crippen molar-refractivity contribution in [2.24, 2.45) is 0 Å². The molecule has 2 unspecified atom stereocenters. The fourth-order valence-corrected chi connectivity index (χ4v) is 2.09. The van der Waals surface area contributed by atoms with Gasteiger partial charge in [-0.15, -0.1) is 0 Å². The normalized spacial score (nSPS) is 20.7. The molecular weight excluding hydrogens is 235 g/mol. The summed E-state index contributed by atoms with van der Waals surface area (Å²) in [6.07, 6.45) is 1.93. The van der Waals surface area contributed by atoms with Crippen molar-refractivity contribution in [3.8, 4) is 0 Å². The highest BCUT2D eigenvalue weighted by atomic mass is 19.1. The highest BCUT2D eigenvalue weighted by Crippen LogP contribution is 2.17. The molecule has 0 aliphatic carbocycles. The molecule has 1 aliphatic heterocycles. The zero-order valence-corrected chi connectivity index (χ0v) is 10.3. The van der Waals surface area contributed by atoms with E-state index >= 15 is 0 Å². The number of nitrogens with two attached hydrogens (primary N) is 1. The van der Waals surface area contributed by atoms with Crippen LogP contribution < -0.4 is 11.1 Å². The van der Waals surface area contributed by atoms with E-state index in [9.17, 15) is 9.18 Å². The number of nitrogen functional groups attached to an aromatic ring is 1. The first-order chi connectivity index (χ1) is 8.58. The standard InChI is InChI=1S/C13H17FN2O2/c1-8(12-3-2-6-18-12)16-13(17)10-7-9(15)4-5-11(10)14/h4-5,7-8,12H,2-3,6,15H2,1H3,(H,16,17). The van der Waals surface area contributed by atoms with E-state index in [0.29, 0.717) is 5.69 Å². The van der Waals surface area contributed by atoms with Crippen LogP contribution in [0.3, 0.4) is 0 Å². The molecule has 0 radical (unpaired) electrons. The Morgan fingerprint density at radius 1 is 1.61 bits per heavy atom. The van der Waals surface area contributed by atoms with Crippen LogP contribution >= 0.6 is 0 Å². The number of hydrogen-bond donors (Lipinski definition) is 2. The topological polar surface area (TPSA) is 64.4 Å². The Morgan fingerprint density at radius 3 is 3.06 bits per heavy atom. The molecule has 98 valence electrons. The second-order valence-electron chi connectivity index (χ2n) is 4.55. The van der Waals surface area contributed by atoms with Gasteiger partial charge in [0.15, 0.2) is 0 Å². The fourth-order valence-electron chi connectivity index (χ4n) is 2.09. The summed E-state index contributed by atoms with van der Waals surface area (Å²) in [4.78, 5) is 11.9. The SMILES string of the molecule is CC(NC(=O)c1cc(N)ccc1F)C1CCCO1. The summed E-state index contributed by atoms with van der Waals surface area (Å²) >= 11 is 0. The van der Waals surface area contributed by atoms with E-state index < -0.39 is 11.7 Å². The lowest BCUT2D eigenvalue weighted by atomic mass is 10.1. The van der Waals surface area contributed by atoms with Gasteiger partial charge in [0.1, 0.15) is 5.82 Å². The van der Waals surface area contributed by atoms with Crippen molar-refractivity contribution >= 4 is 11.6 Å². The van der Waals surface area contributed by atoms with Crippen molar-refractivity contribution in [2.45, 2.75) is 31.9 Å². The van der Waals surface area contributed by atoms with E-state index in [1.54, 1.807) is 0 Å². The Balaban J connectivity index is 2.04. The molecule has 1 aliphatic rings. The van der Waals surface area contributed by atoms with Crippen LogP contribution in [-0.4, -0.2) is 24.7 Å². The van der Waals surface area contributed by atoms with Crippen LogP contribution in [0.5, 0.6) is 0 Å². The van der Waals surface area contributed by atoms with Gasteiger partial charge in [-0.25, -0.2) is 4.39 Å². The minimum atomic E-state index is -0.568. The summed E-state index contributed by atoms with van der Waals surface area (Å²) in [6, 6.07) is 3.82. The Hall–Kier alpha value is -1.62. The lowest BCUT2D eigenvalue weighted by Crippen LogP contribution is -2.41. The van der Waals surface area contributed by atoms with Crippen LogP contribution in [0.25, 0.3) is 0 Å². The largest absolute Gasteiger partial charge is 0.399 e. The number of rotatable bonds is 3. The molecule has 0 bridgehead atoms. The molecule has 0 aromatic heterocycles. The molecule has 18 heavy (non-hydrogen) atoms. The Labute approximate surface area is 105 Å². The van der Waals surface area contributed by atoms with E-state index in [4.69, 9.17) is 10.5 Å². The summed E-state index contributed by atoms with van der Waals surface area (Å²) in [5, 5.41) is 2.75. The third-order valence-corrected chi connectivity index (χ3v) is 3.12. The molecular formula is C13H17FN2O2. The molecule has 2 rings (SSSR count). The highest BCUT2D eigenvalue weighted by molar-refractivity contribution is 5.95. The lowest BCUT2D eigenvalue weighted by Gasteiger charge is -2.20. The van der Waals surface area contributed by atoms with Gasteiger partial charge in [-0.2, -0.15) is 0 Å². The number of halogens is 1. The molecule has 4 nitrogen and oxygen atoms in total. The van der Waals surface area contributed by atoms with Gasteiger partial charge in [0.05, 0.1) is 17.7 Å². The van der Waals surface area contributed by atoms with Crippen molar-refractivity contribution in [3.05, 3.63) is 29.6 Å². The zero-order chi connectivity index (χ0) is 13.1. The first-order valence-electron chi connectivity index (χ1n) is 6.05. The fraction of sp³-hybridized carbons (Fsp3) is 0.462. The van der Waals surface area contributed by atoms with E-state index in [2.05, 4.69) is 5.32 Å². The van der Waals surface area contributed by atoms with Crippen LogP contribution in [0.15, 0.2) is 18.2 Å².